The SMILES string of the molecule is COc1cccc2[nH]c(C(=O)N3CC(C4CCCC4)CC3C(=O)N[C@@H](C[C@@H]3CCCNC3=O)C(=O)O)cc12. The number of H-pyrrole nitrogens is 1. The fraction of sp³-hybridized carbons (Fsp3) is 0.571. The molecule has 3 fully saturated rings. The average molecular weight is 525 g/mol. The predicted octanol–water partition coefficient (Wildman–Crippen LogP) is 2.68. The molecule has 4 atom stereocenters. The van der Waals surface area contributed by atoms with Crippen molar-refractivity contribution in [3.63, 3.8) is 0 Å². The quantitative estimate of drug-likeness (QED) is 0.419. The highest BCUT2D eigenvalue weighted by molar-refractivity contribution is 6.02. The zero-order chi connectivity index (χ0) is 26.8. The Morgan fingerprint density at radius 2 is 1.95 bits per heavy atom. The van der Waals surface area contributed by atoms with Crippen LogP contribution < -0.4 is 15.4 Å². The summed E-state index contributed by atoms with van der Waals surface area (Å²) in [5.41, 5.74) is 1.12. The van der Waals surface area contributed by atoms with Gasteiger partial charge in [-0.2, -0.15) is 0 Å². The number of carbonyl (C=O) groups is 4. The summed E-state index contributed by atoms with van der Waals surface area (Å²) < 4.78 is 5.43. The van der Waals surface area contributed by atoms with Gasteiger partial charge >= 0.3 is 5.97 Å². The Bertz CT molecular complexity index is 1220. The maximum Gasteiger partial charge on any atom is 0.326 e. The third-order valence-corrected chi connectivity index (χ3v) is 8.57. The number of piperidine rings is 1. The minimum Gasteiger partial charge on any atom is -0.496 e. The molecule has 3 amide bonds. The Morgan fingerprint density at radius 3 is 2.66 bits per heavy atom. The van der Waals surface area contributed by atoms with Crippen LogP contribution in [0.1, 0.15) is 61.9 Å². The van der Waals surface area contributed by atoms with E-state index in [9.17, 15) is 24.3 Å². The summed E-state index contributed by atoms with van der Waals surface area (Å²) in [5.74, 6) is -1.30. The van der Waals surface area contributed by atoms with E-state index >= 15 is 0 Å². The first kappa shape index (κ1) is 26.1. The Hall–Kier alpha value is -3.56. The number of aliphatic carboxylic acids is 1. The summed E-state index contributed by atoms with van der Waals surface area (Å²) >= 11 is 0. The highest BCUT2D eigenvalue weighted by Crippen LogP contribution is 2.39. The average Bonchev–Trinajstić information content (AvgIpc) is 3.68. The van der Waals surface area contributed by atoms with Gasteiger partial charge in [-0.15, -0.1) is 0 Å². The summed E-state index contributed by atoms with van der Waals surface area (Å²) in [6, 6.07) is 5.30. The van der Waals surface area contributed by atoms with Crippen molar-refractivity contribution >= 4 is 34.6 Å². The van der Waals surface area contributed by atoms with Crippen LogP contribution in [-0.4, -0.2) is 71.0 Å². The van der Waals surface area contributed by atoms with Crippen molar-refractivity contribution < 1.29 is 29.0 Å². The molecule has 10 nitrogen and oxygen atoms in total. The third-order valence-electron chi connectivity index (χ3n) is 8.57. The summed E-state index contributed by atoms with van der Waals surface area (Å²) in [5, 5.41) is 16.1. The van der Waals surface area contributed by atoms with E-state index in [0.29, 0.717) is 43.3 Å². The Balaban J connectivity index is 1.37. The van der Waals surface area contributed by atoms with Gasteiger partial charge in [0, 0.05) is 29.9 Å². The van der Waals surface area contributed by atoms with E-state index in [1.54, 1.807) is 18.1 Å². The van der Waals surface area contributed by atoms with Gasteiger partial charge in [0.2, 0.25) is 11.8 Å². The molecule has 5 rings (SSSR count). The standard InChI is InChI=1S/C28H36N4O6/c1-38-24-10-4-9-20-19(24)14-21(30-20)27(35)32-15-18(16-6-2-3-7-16)13-23(32)26(34)31-22(28(36)37)12-17-8-5-11-29-25(17)33/h4,9-10,14,16-18,22-23,30H,2-3,5-8,11-13,15H2,1H3,(H,29,33)(H,31,34)(H,36,37)/t17-,18?,22-,23?/m0/s1. The second-order valence-electron chi connectivity index (χ2n) is 10.9. The lowest BCUT2D eigenvalue weighted by Gasteiger charge is -2.27. The monoisotopic (exact) mass is 524 g/mol. The van der Waals surface area contributed by atoms with Crippen LogP contribution in [0.3, 0.4) is 0 Å². The molecule has 2 aromatic rings. The second kappa shape index (κ2) is 11.0. The number of carboxylic acid groups (broad SMARTS) is 1. The van der Waals surface area contributed by atoms with Crippen molar-refractivity contribution in [1.82, 2.24) is 20.5 Å². The van der Waals surface area contributed by atoms with E-state index in [4.69, 9.17) is 4.74 Å². The first-order valence-corrected chi connectivity index (χ1v) is 13.6. The lowest BCUT2D eigenvalue weighted by Crippen LogP contribution is -2.52. The molecule has 38 heavy (non-hydrogen) atoms. The number of nitrogens with zero attached hydrogens (tertiary/aromatic N) is 1. The molecule has 1 aromatic heterocycles. The summed E-state index contributed by atoms with van der Waals surface area (Å²) in [4.78, 5) is 56.4. The molecule has 3 aliphatic rings. The van der Waals surface area contributed by atoms with Crippen LogP contribution >= 0.6 is 0 Å². The van der Waals surface area contributed by atoms with Gasteiger partial charge in [-0.05, 0) is 55.7 Å². The van der Waals surface area contributed by atoms with E-state index in [2.05, 4.69) is 15.6 Å². The molecule has 3 heterocycles. The van der Waals surface area contributed by atoms with Crippen LogP contribution in [0.4, 0.5) is 0 Å². The molecule has 4 N–H and O–H groups in total. The van der Waals surface area contributed by atoms with Crippen molar-refractivity contribution in [3.05, 3.63) is 30.0 Å². The minimum atomic E-state index is -1.20. The molecular formula is C28H36N4O6. The van der Waals surface area contributed by atoms with Crippen LogP contribution in [0.2, 0.25) is 0 Å². The number of fused-ring (bicyclic) bond motifs is 1. The highest BCUT2D eigenvalue weighted by Gasteiger charge is 2.44. The van der Waals surface area contributed by atoms with E-state index in [1.807, 2.05) is 18.2 Å². The van der Waals surface area contributed by atoms with Gasteiger partial charge in [0.1, 0.15) is 23.5 Å². The topological polar surface area (TPSA) is 141 Å². The minimum absolute atomic E-state index is 0.0292. The maximum absolute atomic E-state index is 13.8. The lowest BCUT2D eigenvalue weighted by molar-refractivity contribution is -0.143. The van der Waals surface area contributed by atoms with E-state index < -0.39 is 29.9 Å². The summed E-state index contributed by atoms with van der Waals surface area (Å²) in [6.45, 7) is 1.04. The van der Waals surface area contributed by atoms with Crippen molar-refractivity contribution in [2.24, 2.45) is 17.8 Å². The number of amides is 3. The zero-order valence-electron chi connectivity index (χ0n) is 21.7. The predicted molar refractivity (Wildman–Crippen MR) is 140 cm³/mol. The molecule has 0 bridgehead atoms. The van der Waals surface area contributed by atoms with Crippen molar-refractivity contribution in [3.8, 4) is 5.75 Å². The molecule has 204 valence electrons. The van der Waals surface area contributed by atoms with Gasteiger partial charge in [0.05, 0.1) is 7.11 Å². The van der Waals surface area contributed by atoms with Gasteiger partial charge in [0.25, 0.3) is 5.91 Å². The molecule has 2 aliphatic heterocycles. The van der Waals surface area contributed by atoms with E-state index in [1.165, 1.54) is 0 Å². The van der Waals surface area contributed by atoms with Gasteiger partial charge in [-0.1, -0.05) is 31.7 Å². The Labute approximate surface area is 221 Å². The van der Waals surface area contributed by atoms with Gasteiger partial charge in [-0.25, -0.2) is 4.79 Å². The Morgan fingerprint density at radius 1 is 1.16 bits per heavy atom. The van der Waals surface area contributed by atoms with Crippen molar-refractivity contribution in [2.45, 2.75) is 63.5 Å². The van der Waals surface area contributed by atoms with Crippen LogP contribution in [0.15, 0.2) is 24.3 Å². The first-order chi connectivity index (χ1) is 18.4. The maximum atomic E-state index is 13.8. The fourth-order valence-corrected chi connectivity index (χ4v) is 6.52. The number of benzene rings is 1. The molecule has 1 saturated carbocycles. The number of nitrogens with one attached hydrogen (secondary N) is 3. The largest absolute Gasteiger partial charge is 0.496 e. The van der Waals surface area contributed by atoms with Gasteiger partial charge < -0.3 is 30.4 Å². The molecule has 2 unspecified atom stereocenters. The first-order valence-electron chi connectivity index (χ1n) is 13.6. The lowest BCUT2D eigenvalue weighted by atomic mass is 9.88. The Kier molecular flexibility index (Phi) is 7.58. The normalized spacial score (nSPS) is 24.8. The van der Waals surface area contributed by atoms with Crippen molar-refractivity contribution in [2.75, 3.05) is 20.2 Å². The number of aromatic amines is 1. The smallest absolute Gasteiger partial charge is 0.326 e. The summed E-state index contributed by atoms with van der Waals surface area (Å²) in [7, 11) is 1.58. The van der Waals surface area contributed by atoms with Gasteiger partial charge in [-0.3, -0.25) is 14.4 Å². The van der Waals surface area contributed by atoms with Crippen molar-refractivity contribution in [1.29, 1.82) is 0 Å². The zero-order valence-corrected chi connectivity index (χ0v) is 21.7. The fourth-order valence-electron chi connectivity index (χ4n) is 6.52. The van der Waals surface area contributed by atoms with Crippen LogP contribution in [0.5, 0.6) is 5.75 Å². The molecule has 1 aliphatic carbocycles. The molecular weight excluding hydrogens is 488 g/mol. The molecule has 2 saturated heterocycles. The third kappa shape index (κ3) is 5.21. The highest BCUT2D eigenvalue weighted by atomic mass is 16.5. The van der Waals surface area contributed by atoms with Crippen LogP contribution in [-0.2, 0) is 14.4 Å². The van der Waals surface area contributed by atoms with Crippen LogP contribution in [0.25, 0.3) is 10.9 Å². The number of aromatic nitrogens is 1. The number of carbonyl (C=O) groups excluding carboxylic acids is 3. The molecule has 1 aromatic carbocycles. The number of hydrogen-bond acceptors (Lipinski definition) is 5. The number of rotatable bonds is 8. The molecule has 10 heteroatoms. The van der Waals surface area contributed by atoms with Crippen LogP contribution in [0, 0.1) is 17.8 Å². The van der Waals surface area contributed by atoms with E-state index in [-0.39, 0.29) is 24.2 Å². The molecule has 0 spiro atoms. The van der Waals surface area contributed by atoms with Gasteiger partial charge in [0.15, 0.2) is 0 Å². The number of likely N-dealkylation sites (tertiary alicyclic amines) is 1. The summed E-state index contributed by atoms with van der Waals surface area (Å²) in [6.07, 6.45) is 6.37. The second-order valence-corrected chi connectivity index (χ2v) is 10.9. The number of carboxylic acids is 1. The molecule has 0 radical (unpaired) electrons. The van der Waals surface area contributed by atoms with E-state index in [0.717, 1.165) is 43.0 Å². The number of hydrogen-bond donors (Lipinski definition) is 4. The number of ether oxygens (including phenoxy) is 1. The number of methoxy groups -OCH3 is 1.